The molecule has 7 atom stereocenters. The number of thioether (sulfide) groups is 1. The first kappa shape index (κ1) is 32.4. The van der Waals surface area contributed by atoms with Crippen LogP contribution in [-0.2, 0) is 18.3 Å². The molecule has 0 bridgehead atoms. The molecule has 0 saturated carbocycles. The lowest BCUT2D eigenvalue weighted by atomic mass is 9.53. The molecule has 264 valence electrons. The third kappa shape index (κ3) is 5.02. The van der Waals surface area contributed by atoms with E-state index in [-0.39, 0.29) is 5.41 Å². The molecule has 1 aliphatic heterocycles. The highest BCUT2D eigenvalue weighted by Crippen LogP contribution is 2.59. The van der Waals surface area contributed by atoms with E-state index in [0.29, 0.717) is 34.8 Å². The topological polar surface area (TPSA) is 0 Å². The molecule has 0 amide bonds. The van der Waals surface area contributed by atoms with E-state index in [9.17, 15) is 0 Å². The van der Waals surface area contributed by atoms with Gasteiger partial charge in [-0.05, 0) is 148 Å². The summed E-state index contributed by atoms with van der Waals surface area (Å²) in [6.07, 6.45) is 48.2. The average Bonchev–Trinajstić information content (AvgIpc) is 3.59. The Hall–Kier alpha value is -4.07. The molecule has 11 rings (SSSR count). The Labute approximate surface area is 321 Å². The zero-order chi connectivity index (χ0) is 35.3. The predicted molar refractivity (Wildman–Crippen MR) is 225 cm³/mol. The Morgan fingerprint density at radius 3 is 2.60 bits per heavy atom. The molecule has 1 heterocycles. The van der Waals surface area contributed by atoms with Gasteiger partial charge in [-0.15, -0.1) is 11.8 Å². The third-order valence-corrected chi connectivity index (χ3v) is 15.9. The maximum atomic E-state index is 2.70. The molecule has 2 aromatic carbocycles. The van der Waals surface area contributed by atoms with Crippen LogP contribution in [-0.4, -0.2) is 5.25 Å². The van der Waals surface area contributed by atoms with Crippen LogP contribution >= 0.6 is 11.8 Å². The van der Waals surface area contributed by atoms with Gasteiger partial charge in [-0.25, -0.2) is 0 Å². The van der Waals surface area contributed by atoms with E-state index in [1.54, 1.807) is 55.0 Å². The maximum Gasteiger partial charge on any atom is 0.0381 e. The highest BCUT2D eigenvalue weighted by atomic mass is 32.2. The van der Waals surface area contributed by atoms with E-state index in [4.69, 9.17) is 0 Å². The summed E-state index contributed by atoms with van der Waals surface area (Å²) in [4.78, 5) is 1.60. The van der Waals surface area contributed by atoms with Gasteiger partial charge in [-0.3, -0.25) is 0 Å². The van der Waals surface area contributed by atoms with Gasteiger partial charge in [-0.1, -0.05) is 129 Å². The van der Waals surface area contributed by atoms with Crippen LogP contribution in [0.5, 0.6) is 0 Å². The summed E-state index contributed by atoms with van der Waals surface area (Å²) < 4.78 is 0. The fraction of sp³-hybridized carbons (Fsp3) is 0.346. The summed E-state index contributed by atoms with van der Waals surface area (Å²) in [5, 5.41) is 0.536. The lowest BCUT2D eigenvalue weighted by molar-refractivity contribution is 0.283. The van der Waals surface area contributed by atoms with E-state index >= 15 is 0 Å². The third-order valence-electron chi connectivity index (χ3n) is 14.4. The normalized spacial score (nSPS) is 32.9. The number of allylic oxidation sites excluding steroid dienone is 21. The molecule has 9 aliphatic rings. The van der Waals surface area contributed by atoms with Gasteiger partial charge in [0.2, 0.25) is 0 Å². The van der Waals surface area contributed by atoms with Crippen molar-refractivity contribution in [3.8, 4) is 0 Å². The van der Waals surface area contributed by atoms with E-state index in [1.165, 1.54) is 67.2 Å². The lowest BCUT2D eigenvalue weighted by Gasteiger charge is -2.50. The quantitative estimate of drug-likeness (QED) is 0.306. The molecule has 0 nitrogen and oxygen atoms in total. The Bertz CT molecular complexity index is 2300. The minimum absolute atomic E-state index is 0.0616. The van der Waals surface area contributed by atoms with Crippen molar-refractivity contribution in [3.05, 3.63) is 183 Å². The first-order valence-electron chi connectivity index (χ1n) is 20.7. The molecule has 53 heavy (non-hydrogen) atoms. The first-order valence-corrected chi connectivity index (χ1v) is 21.5. The van der Waals surface area contributed by atoms with Crippen molar-refractivity contribution in [3.63, 3.8) is 0 Å². The number of fused-ring (bicyclic) bond motifs is 8. The Balaban J connectivity index is 1.10. The Kier molecular flexibility index (Phi) is 7.63. The zero-order valence-electron chi connectivity index (χ0n) is 31.3. The molecule has 0 spiro atoms. The number of hydrogen-bond donors (Lipinski definition) is 0. The molecule has 7 unspecified atom stereocenters. The summed E-state index contributed by atoms with van der Waals surface area (Å²) >= 11 is 2.13. The molecule has 0 N–H and O–H groups in total. The molecule has 1 heteroatoms. The van der Waals surface area contributed by atoms with Gasteiger partial charge >= 0.3 is 0 Å². The van der Waals surface area contributed by atoms with Crippen LogP contribution < -0.4 is 0 Å². The maximum absolute atomic E-state index is 2.70. The predicted octanol–water partition coefficient (Wildman–Crippen LogP) is 13.2. The number of hydrogen-bond acceptors (Lipinski definition) is 1. The van der Waals surface area contributed by atoms with Crippen molar-refractivity contribution in [2.24, 2.45) is 23.7 Å². The molecular weight excluding hydrogens is 657 g/mol. The minimum Gasteiger partial charge on any atom is -0.117 e. The van der Waals surface area contributed by atoms with Crippen LogP contribution in [0.3, 0.4) is 0 Å². The van der Waals surface area contributed by atoms with Crippen molar-refractivity contribution in [2.45, 2.75) is 93.1 Å². The second-order valence-electron chi connectivity index (χ2n) is 17.4. The van der Waals surface area contributed by atoms with Crippen molar-refractivity contribution in [2.75, 3.05) is 0 Å². The Morgan fingerprint density at radius 1 is 0.792 bits per heavy atom. The van der Waals surface area contributed by atoms with E-state index in [1.807, 2.05) is 0 Å². The van der Waals surface area contributed by atoms with Gasteiger partial charge in [0.1, 0.15) is 0 Å². The smallest absolute Gasteiger partial charge is 0.0381 e. The summed E-state index contributed by atoms with van der Waals surface area (Å²) in [6, 6.07) is 12.2. The van der Waals surface area contributed by atoms with Crippen molar-refractivity contribution in [1.82, 2.24) is 0 Å². The monoisotopic (exact) mass is 706 g/mol. The van der Waals surface area contributed by atoms with Crippen molar-refractivity contribution < 1.29 is 0 Å². The second-order valence-corrected chi connectivity index (χ2v) is 18.6. The van der Waals surface area contributed by atoms with E-state index < -0.39 is 0 Å². The molecule has 0 radical (unpaired) electrons. The summed E-state index contributed by atoms with van der Waals surface area (Å²) in [5.74, 6) is 2.21. The van der Waals surface area contributed by atoms with Gasteiger partial charge in [0, 0.05) is 33.3 Å². The molecular formula is C52H50S. The lowest BCUT2D eigenvalue weighted by Crippen LogP contribution is -2.44. The number of rotatable bonds is 3. The van der Waals surface area contributed by atoms with Crippen molar-refractivity contribution >= 4 is 22.9 Å². The van der Waals surface area contributed by atoms with Crippen molar-refractivity contribution in [1.29, 1.82) is 0 Å². The van der Waals surface area contributed by atoms with Gasteiger partial charge < -0.3 is 0 Å². The van der Waals surface area contributed by atoms with Crippen LogP contribution in [0.1, 0.15) is 98.1 Å². The fourth-order valence-corrected chi connectivity index (χ4v) is 13.2. The Morgan fingerprint density at radius 2 is 1.66 bits per heavy atom. The second kappa shape index (κ2) is 12.5. The van der Waals surface area contributed by atoms with E-state index in [0.717, 1.165) is 12.8 Å². The largest absolute Gasteiger partial charge is 0.117 e. The SMILES string of the molecule is CC1C=CC2=CC(C3(C)c4ccccc4C(C4C=CC5=C(C=CCC5)C4)=C4C=C(c5cc6c(c7c5CCCC7)SC5C=CC=CC65)C=CC43)CC=C2C1. The molecule has 0 aromatic heterocycles. The highest BCUT2D eigenvalue weighted by Gasteiger charge is 2.49. The molecule has 0 saturated heterocycles. The number of benzene rings is 2. The minimum atomic E-state index is -0.0616. The zero-order valence-corrected chi connectivity index (χ0v) is 32.1. The van der Waals surface area contributed by atoms with Gasteiger partial charge in [-0.2, -0.15) is 0 Å². The summed E-state index contributed by atoms with van der Waals surface area (Å²) in [6.45, 7) is 4.97. The van der Waals surface area contributed by atoms with Crippen LogP contribution in [0, 0.1) is 23.7 Å². The summed E-state index contributed by atoms with van der Waals surface area (Å²) in [7, 11) is 0. The van der Waals surface area contributed by atoms with Gasteiger partial charge in [0.15, 0.2) is 0 Å². The standard InChI is InChI=1S/C52H50S/c1-32-19-20-36-29-39(25-23-35(36)27-32)52(2)47-17-9-7-16-43(47)50(38-22-21-33-11-3-4-12-34(33)28-38)46-30-37(24-26-48(46)52)44-31-45-41-14-8-10-18-49(41)53-51(45)42-15-6-5-13-40(42)44/h4,7-10,12,14,16-24,26,29-32,38-39,41,48-49H,3,5-6,11,13,15,25,27-28H2,1-2H3. The van der Waals surface area contributed by atoms with Crippen LogP contribution in [0.25, 0.3) is 11.1 Å². The molecule has 8 aliphatic carbocycles. The molecule has 0 fully saturated rings. The fourth-order valence-electron chi connectivity index (χ4n) is 11.7. The average molecular weight is 707 g/mol. The van der Waals surface area contributed by atoms with Crippen LogP contribution in [0.2, 0.25) is 0 Å². The van der Waals surface area contributed by atoms with Crippen LogP contribution in [0.15, 0.2) is 154 Å². The van der Waals surface area contributed by atoms with Crippen LogP contribution in [0.4, 0.5) is 0 Å². The van der Waals surface area contributed by atoms with Gasteiger partial charge in [0.05, 0.1) is 0 Å². The molecule has 2 aromatic rings. The first-order chi connectivity index (χ1) is 26.0. The highest BCUT2D eigenvalue weighted by molar-refractivity contribution is 8.00. The van der Waals surface area contributed by atoms with E-state index in [2.05, 4.69) is 147 Å². The summed E-state index contributed by atoms with van der Waals surface area (Å²) in [5.41, 5.74) is 20.1. The van der Waals surface area contributed by atoms with Gasteiger partial charge in [0.25, 0.3) is 0 Å².